The fourth-order valence-corrected chi connectivity index (χ4v) is 17.4. The number of anilines is 2. The van der Waals surface area contributed by atoms with Crippen LogP contribution < -0.4 is 10.6 Å². The Balaban J connectivity index is 0.000000184. The summed E-state index contributed by atoms with van der Waals surface area (Å²) in [4.78, 5) is 34.5. The molecular weight excluding hydrogens is 1640 g/mol. The number of aliphatic hydroxyl groups is 2. The minimum Gasteiger partial charge on any atom is -0.480 e. The second kappa shape index (κ2) is 32.0. The molecule has 0 amide bonds. The van der Waals surface area contributed by atoms with Crippen molar-refractivity contribution in [1.29, 1.82) is 0 Å². The Bertz CT molecular complexity index is 6040. The van der Waals surface area contributed by atoms with E-state index in [9.17, 15) is 80.5 Å². The Kier molecular flexibility index (Phi) is 23.6. The number of carboxylic acids is 1. The van der Waals surface area contributed by atoms with Crippen molar-refractivity contribution < 1.29 is 94.4 Å². The number of fused-ring (bicyclic) bond motifs is 8. The van der Waals surface area contributed by atoms with E-state index in [0.717, 1.165) is 30.7 Å². The van der Waals surface area contributed by atoms with E-state index in [1.54, 1.807) is 64.9 Å². The van der Waals surface area contributed by atoms with Crippen molar-refractivity contribution in [1.82, 2.24) is 49.1 Å². The summed E-state index contributed by atoms with van der Waals surface area (Å²) in [6.07, 6.45) is -4.21. The molecule has 0 spiro atoms. The van der Waals surface area contributed by atoms with Crippen LogP contribution in [-0.4, -0.2) is 131 Å². The van der Waals surface area contributed by atoms with E-state index < -0.39 is 168 Å². The molecule has 10 aromatic rings. The van der Waals surface area contributed by atoms with Crippen LogP contribution in [0.3, 0.4) is 0 Å². The van der Waals surface area contributed by atoms with Gasteiger partial charge in [0.2, 0.25) is 0 Å². The fraction of sp³-hybridized carbons (Fsp3) is 0.400. The van der Waals surface area contributed by atoms with Gasteiger partial charge < -0.3 is 26.0 Å². The molecule has 2 saturated carbocycles. The second-order valence-corrected chi connectivity index (χ2v) is 35.8. The van der Waals surface area contributed by atoms with Gasteiger partial charge in [0.05, 0.1) is 66.7 Å². The van der Waals surface area contributed by atoms with E-state index in [4.69, 9.17) is 38.3 Å². The van der Waals surface area contributed by atoms with Gasteiger partial charge in [-0.25, -0.2) is 61.9 Å². The Labute approximate surface area is 673 Å². The Morgan fingerprint density at radius 2 is 0.966 bits per heavy atom. The topological polar surface area (TPSA) is 284 Å². The summed E-state index contributed by atoms with van der Waals surface area (Å²) in [5, 5.41) is 52.9. The lowest BCUT2D eigenvalue weighted by Gasteiger charge is -2.23. The molecule has 0 radical (unpaired) electrons. The number of Topliss-reactive ketones (excluding diaryl/α,β-unsaturated/α-hetero) is 1. The van der Waals surface area contributed by atoms with E-state index in [2.05, 4.69) is 54.7 Å². The first kappa shape index (κ1) is 86.3. The van der Waals surface area contributed by atoms with Crippen LogP contribution >= 0.6 is 23.2 Å². The Hall–Kier alpha value is -10.0. The number of carbonyl (C=O) groups excluding carboxylic acids is 1. The van der Waals surface area contributed by atoms with Gasteiger partial charge in [0.15, 0.2) is 25.5 Å². The molecule has 2 fully saturated rings. The molecule has 0 bridgehead atoms. The molecule has 4 aliphatic rings. The maximum absolute atomic E-state index is 15.5. The lowest BCUT2D eigenvalue weighted by atomic mass is 9.85. The van der Waals surface area contributed by atoms with E-state index in [1.165, 1.54) is 36.7 Å². The molecular formula is C80H76Cl2F12N12O9S2. The molecule has 0 unspecified atom stereocenters. The van der Waals surface area contributed by atoms with E-state index in [1.807, 2.05) is 19.1 Å². The van der Waals surface area contributed by atoms with Gasteiger partial charge in [0, 0.05) is 127 Å². The molecule has 0 saturated heterocycles. The number of benzene rings is 4. The van der Waals surface area contributed by atoms with Gasteiger partial charge in [0.25, 0.3) is 24.7 Å². The number of aryl methyl sites for hydroxylation is 2. The van der Waals surface area contributed by atoms with E-state index in [0.29, 0.717) is 98.5 Å². The van der Waals surface area contributed by atoms with Crippen molar-refractivity contribution in [3.63, 3.8) is 0 Å². The van der Waals surface area contributed by atoms with Crippen LogP contribution in [0.4, 0.5) is 64.1 Å². The second-order valence-electron chi connectivity index (χ2n) is 30.7. The average molecular weight is 1710 g/mol. The van der Waals surface area contributed by atoms with Crippen molar-refractivity contribution in [2.45, 2.75) is 151 Å². The smallest absolute Gasteiger partial charge is 0.325 e. The van der Waals surface area contributed by atoms with Crippen molar-refractivity contribution >= 4 is 87.8 Å². The summed E-state index contributed by atoms with van der Waals surface area (Å²) in [5.41, 5.74) is 0.358. The van der Waals surface area contributed by atoms with Gasteiger partial charge in [-0.05, 0) is 137 Å². The first-order chi connectivity index (χ1) is 54.4. The van der Waals surface area contributed by atoms with Crippen LogP contribution in [0.5, 0.6) is 0 Å². The molecule has 4 aromatic carbocycles. The summed E-state index contributed by atoms with van der Waals surface area (Å²) in [5.74, 6) is -6.38. The highest BCUT2D eigenvalue weighted by molar-refractivity contribution is 7.90. The van der Waals surface area contributed by atoms with Gasteiger partial charge >= 0.3 is 5.97 Å². The van der Waals surface area contributed by atoms with Crippen molar-refractivity contribution in [3.8, 4) is 45.9 Å². The van der Waals surface area contributed by atoms with Crippen LogP contribution in [0.1, 0.15) is 170 Å². The van der Waals surface area contributed by atoms with E-state index >= 15 is 8.78 Å². The maximum atomic E-state index is 15.5. The molecule has 37 heteroatoms. The van der Waals surface area contributed by atoms with Crippen LogP contribution in [0, 0.1) is 58.8 Å². The highest BCUT2D eigenvalue weighted by Crippen LogP contribution is 2.69. The number of carboxylic acid groups (broad SMARTS) is 1. The van der Waals surface area contributed by atoms with Crippen LogP contribution in [0.15, 0.2) is 72.8 Å². The number of rotatable bonds is 22. The molecule has 0 aliphatic heterocycles. The van der Waals surface area contributed by atoms with Crippen molar-refractivity contribution in [2.75, 3.05) is 37.2 Å². The van der Waals surface area contributed by atoms with Crippen LogP contribution in [-0.2, 0) is 92.6 Å². The molecule has 620 valence electrons. The van der Waals surface area contributed by atoms with Crippen LogP contribution in [0.2, 0.25) is 10.0 Å². The first-order valence-corrected chi connectivity index (χ1v) is 41.1. The number of nitrogens with zero attached hydrogens (tertiary/aromatic N) is 10. The SMILES string of the molecule is CNc1cc(-c2ccc(Cl)c3c(CS(C)(=O)=O)nn(C)c23)c([C@@H](C)Cc2cc(F)cc(F)c2)nc1C#CC(C)(C)O.CNc1cc(-c2ccc(Cl)c3c(CS(C)(=O)=O)nn(C)c23)c([C@@H](CC(=O)Cn2nc(C(F)F)c3c2C(F)(F)[C@@H]2C[C@H]32)Cc2cc(F)cc(F)c2)nc1C#CC(C)(C)O.O=C(O)Cn1nc(C(F)F)c2c1C(F)(F)[C@@H]1C[C@H]21. The quantitative estimate of drug-likeness (QED) is 0.0311. The molecule has 5 N–H and O–H groups in total. The third kappa shape index (κ3) is 18.3. The lowest BCUT2D eigenvalue weighted by Crippen LogP contribution is -2.24. The number of aromatic nitrogens is 10. The fourth-order valence-electron chi connectivity index (χ4n) is 15.5. The number of hydrogen-bond acceptors (Lipinski definition) is 16. The van der Waals surface area contributed by atoms with Crippen LogP contribution in [0.25, 0.3) is 44.1 Å². The standard InChI is InChI=1S/C40H37ClF6N6O4S.C30H31ClF2N4O3S.C10H8F4N2O2/c1-39(2,55)9-8-29-30(48-3)16-25(24-6-7-28(41)33-31(18-58(5,56)57)50-52(4)36(24)33)34(49-29)20(10-19-11-21(42)14-22(43)12-19)13-23(54)17-53-37-32(35(51-53)38(44)45)26-15-27(26)40(37,46)47;1-17(11-18-12-19(32)14-20(33)13-18)28-22(15-25(34-4)24(35-28)9-10-30(2,3)38)21-7-8-23(31)27-26(16-41(6,39)40)36-37(5)29(21)27;11-9(12)7-6-3-1-4(3)10(13,14)8(6)16(15-7)2-5(17)18/h6-7,11-12,14,16,20,26-27,38,48,55H,10,13,15,17-18H2,1-5H3;7-8,12-15,17,34,38H,11,16H2,1-6H3;3-4,9H,1-2H2,(H,17,18)/t20-,26+,27-;17-;3-,4+/m100/s1. The lowest BCUT2D eigenvalue weighted by molar-refractivity contribution is -0.138. The highest BCUT2D eigenvalue weighted by Gasteiger charge is 2.68. The molecule has 6 atom stereocenters. The van der Waals surface area contributed by atoms with Gasteiger partial charge in [-0.15, -0.1) is 0 Å². The van der Waals surface area contributed by atoms with Gasteiger partial charge in [-0.2, -0.15) is 38.0 Å². The van der Waals surface area contributed by atoms with Crippen molar-refractivity contribution in [3.05, 3.63) is 185 Å². The normalized spacial score (nSPS) is 17.3. The Morgan fingerprint density at radius 3 is 1.34 bits per heavy atom. The zero-order valence-electron chi connectivity index (χ0n) is 64.3. The summed E-state index contributed by atoms with van der Waals surface area (Å²) in [6, 6.07) is 16.4. The largest absolute Gasteiger partial charge is 0.480 e. The van der Waals surface area contributed by atoms with Gasteiger partial charge in [0.1, 0.15) is 81.7 Å². The summed E-state index contributed by atoms with van der Waals surface area (Å²) >= 11 is 13.2. The summed E-state index contributed by atoms with van der Waals surface area (Å²) in [7, 11) is -0.387. The number of halogens is 14. The molecule has 21 nitrogen and oxygen atoms in total. The molecule has 6 heterocycles. The van der Waals surface area contributed by atoms with Gasteiger partial charge in [-0.1, -0.05) is 54.1 Å². The molecule has 14 rings (SSSR count). The predicted molar refractivity (Wildman–Crippen MR) is 413 cm³/mol. The highest BCUT2D eigenvalue weighted by atomic mass is 35.5. The molecule has 117 heavy (non-hydrogen) atoms. The number of nitrogens with one attached hydrogen (secondary N) is 2. The maximum Gasteiger partial charge on any atom is 0.325 e. The number of hydrogen-bond donors (Lipinski definition) is 5. The number of sulfone groups is 2. The Morgan fingerprint density at radius 1 is 0.581 bits per heavy atom. The third-order valence-electron chi connectivity index (χ3n) is 20.2. The minimum absolute atomic E-state index is 0.0335. The average Bonchev–Trinajstić information content (AvgIpc) is 1.52. The third-order valence-corrected chi connectivity index (χ3v) is 22.4. The number of pyridine rings is 2. The van der Waals surface area contributed by atoms with E-state index in [-0.39, 0.29) is 76.1 Å². The van der Waals surface area contributed by atoms with Gasteiger partial charge in [-0.3, -0.25) is 28.3 Å². The number of aliphatic carboxylic acids is 1. The predicted octanol–water partition coefficient (Wildman–Crippen LogP) is 15.3. The zero-order chi connectivity index (χ0) is 85.7. The summed E-state index contributed by atoms with van der Waals surface area (Å²) in [6.45, 7) is 6.29. The summed E-state index contributed by atoms with van der Waals surface area (Å²) < 4.78 is 223. The molecule has 6 aromatic heterocycles. The number of carbonyl (C=O) groups is 2. The first-order valence-electron chi connectivity index (χ1n) is 36.2. The number of ketones is 1. The molecule has 4 aliphatic carbocycles. The minimum atomic E-state index is -3.59. The zero-order valence-corrected chi connectivity index (χ0v) is 67.4. The van der Waals surface area contributed by atoms with Crippen molar-refractivity contribution in [2.24, 2.45) is 25.9 Å². The number of alkyl halides is 8. The monoisotopic (exact) mass is 1710 g/mol.